The van der Waals surface area contributed by atoms with E-state index < -0.39 is 11.9 Å². The van der Waals surface area contributed by atoms with Gasteiger partial charge in [-0.3, -0.25) is 9.48 Å². The number of nitrogens with two attached hydrogens (primary N) is 1. The van der Waals surface area contributed by atoms with Crippen LogP contribution in [0.25, 0.3) is 0 Å². The van der Waals surface area contributed by atoms with Gasteiger partial charge in [0, 0.05) is 24.9 Å². The zero-order valence-corrected chi connectivity index (χ0v) is 11.4. The van der Waals surface area contributed by atoms with Crippen LogP contribution < -0.4 is 11.1 Å². The first-order valence-corrected chi connectivity index (χ1v) is 5.96. The van der Waals surface area contributed by atoms with Gasteiger partial charge in [-0.05, 0) is 11.6 Å². The zero-order chi connectivity index (χ0) is 14.0. The predicted octanol–water partition coefficient (Wildman–Crippen LogP) is 1.16. The maximum atomic E-state index is 11.9. The number of carbonyl (C=O) groups excluding carboxylic acids is 1. The minimum atomic E-state index is -0.860. The smallest absolute Gasteiger partial charge is 0.247 e. The second-order valence-corrected chi connectivity index (χ2v) is 4.48. The van der Waals surface area contributed by atoms with Crippen LogP contribution in [0.15, 0.2) is 18.5 Å². The fourth-order valence-corrected chi connectivity index (χ4v) is 1.82. The summed E-state index contributed by atoms with van der Waals surface area (Å²) in [5.74, 6) is -0.256. The maximum Gasteiger partial charge on any atom is 0.247 e. The molecule has 3 N–H and O–H groups in total. The lowest BCUT2D eigenvalue weighted by molar-refractivity contribution is -0.117. The Balaban J connectivity index is 2.12. The predicted molar refractivity (Wildman–Crippen MR) is 70.8 cm³/mol. The van der Waals surface area contributed by atoms with Crippen LogP contribution in [0.4, 0.5) is 5.82 Å². The Bertz CT molecular complexity index is 594. The van der Waals surface area contributed by atoms with Crippen LogP contribution in [0.5, 0.6) is 0 Å². The van der Waals surface area contributed by atoms with Crippen LogP contribution in [0.1, 0.15) is 11.6 Å². The highest BCUT2D eigenvalue weighted by Gasteiger charge is 2.18. The lowest BCUT2D eigenvalue weighted by Crippen LogP contribution is -2.27. The van der Waals surface area contributed by atoms with Gasteiger partial charge in [-0.15, -0.1) is 0 Å². The van der Waals surface area contributed by atoms with Crippen LogP contribution in [-0.2, 0) is 11.8 Å². The molecule has 100 valence electrons. The SMILES string of the molecule is Cn1cc(C(N)C(=O)Nc2cc(Cl)nc(Cl)n2)cn1. The van der Waals surface area contributed by atoms with Gasteiger partial charge in [0.25, 0.3) is 0 Å². The van der Waals surface area contributed by atoms with Crippen molar-refractivity contribution < 1.29 is 4.79 Å². The van der Waals surface area contributed by atoms with Gasteiger partial charge in [0.15, 0.2) is 0 Å². The van der Waals surface area contributed by atoms with E-state index in [4.69, 9.17) is 28.9 Å². The van der Waals surface area contributed by atoms with E-state index in [-0.39, 0.29) is 16.3 Å². The summed E-state index contributed by atoms with van der Waals surface area (Å²) in [6.45, 7) is 0. The molecule has 9 heteroatoms. The van der Waals surface area contributed by atoms with E-state index in [2.05, 4.69) is 20.4 Å². The van der Waals surface area contributed by atoms with Crippen LogP contribution in [0, 0.1) is 0 Å². The number of rotatable bonds is 3. The molecule has 0 bridgehead atoms. The highest BCUT2D eigenvalue weighted by atomic mass is 35.5. The third-order valence-corrected chi connectivity index (χ3v) is 2.65. The standard InChI is InChI=1S/C10H10Cl2N6O/c1-18-4-5(3-14-18)8(13)9(19)16-7-2-6(11)15-10(12)17-7/h2-4,8H,13H2,1H3,(H,15,16,17,19). The van der Waals surface area contributed by atoms with Gasteiger partial charge in [-0.1, -0.05) is 11.6 Å². The Morgan fingerprint density at radius 3 is 2.79 bits per heavy atom. The van der Waals surface area contributed by atoms with Crippen molar-refractivity contribution in [1.82, 2.24) is 19.7 Å². The van der Waals surface area contributed by atoms with Crippen molar-refractivity contribution in [3.05, 3.63) is 34.5 Å². The summed E-state index contributed by atoms with van der Waals surface area (Å²) in [4.78, 5) is 19.4. The molecule has 2 aromatic rings. The first-order chi connectivity index (χ1) is 8.95. The van der Waals surface area contributed by atoms with Crippen molar-refractivity contribution >= 4 is 34.9 Å². The molecular formula is C10H10Cl2N6O. The van der Waals surface area contributed by atoms with E-state index in [1.54, 1.807) is 17.9 Å². The molecule has 2 rings (SSSR count). The van der Waals surface area contributed by atoms with Crippen molar-refractivity contribution in [2.75, 3.05) is 5.32 Å². The van der Waals surface area contributed by atoms with Crippen LogP contribution in [0.3, 0.4) is 0 Å². The summed E-state index contributed by atoms with van der Waals surface area (Å²) < 4.78 is 1.56. The van der Waals surface area contributed by atoms with Crippen LogP contribution in [0.2, 0.25) is 10.4 Å². The van der Waals surface area contributed by atoms with E-state index in [0.29, 0.717) is 5.56 Å². The Kier molecular flexibility index (Phi) is 3.98. The molecule has 1 amide bonds. The fraction of sp³-hybridized carbons (Fsp3) is 0.200. The Morgan fingerprint density at radius 1 is 1.47 bits per heavy atom. The molecule has 19 heavy (non-hydrogen) atoms. The quantitative estimate of drug-likeness (QED) is 0.654. The monoisotopic (exact) mass is 300 g/mol. The summed E-state index contributed by atoms with van der Waals surface area (Å²) >= 11 is 11.3. The van der Waals surface area contributed by atoms with Crippen molar-refractivity contribution in [2.45, 2.75) is 6.04 Å². The van der Waals surface area contributed by atoms with Crippen molar-refractivity contribution in [3.63, 3.8) is 0 Å². The van der Waals surface area contributed by atoms with E-state index >= 15 is 0 Å². The normalized spacial score (nSPS) is 12.2. The van der Waals surface area contributed by atoms with Crippen molar-refractivity contribution in [1.29, 1.82) is 0 Å². The second kappa shape index (κ2) is 5.52. The number of aryl methyl sites for hydroxylation is 1. The number of hydrogen-bond acceptors (Lipinski definition) is 5. The average Bonchev–Trinajstić information content (AvgIpc) is 2.73. The fourth-order valence-electron chi connectivity index (χ4n) is 1.41. The Hall–Kier alpha value is -1.70. The largest absolute Gasteiger partial charge is 0.316 e. The number of hydrogen-bond donors (Lipinski definition) is 2. The third kappa shape index (κ3) is 3.40. The Morgan fingerprint density at radius 2 is 2.21 bits per heavy atom. The lowest BCUT2D eigenvalue weighted by Gasteiger charge is -2.10. The summed E-state index contributed by atoms with van der Waals surface area (Å²) in [6, 6.07) is 0.516. The number of carbonyl (C=O) groups is 1. The van der Waals surface area contributed by atoms with Gasteiger partial charge in [-0.2, -0.15) is 5.10 Å². The summed E-state index contributed by atoms with van der Waals surface area (Å²) in [7, 11) is 1.73. The third-order valence-electron chi connectivity index (χ3n) is 2.29. The highest BCUT2D eigenvalue weighted by molar-refractivity contribution is 6.32. The summed E-state index contributed by atoms with van der Waals surface area (Å²) in [6.07, 6.45) is 3.17. The molecule has 2 aromatic heterocycles. The summed E-state index contributed by atoms with van der Waals surface area (Å²) in [5, 5.41) is 6.53. The van der Waals surface area contributed by atoms with Gasteiger partial charge in [0.05, 0.1) is 6.20 Å². The minimum absolute atomic E-state index is 0.0576. The molecule has 0 fully saturated rings. The van der Waals surface area contributed by atoms with Crippen molar-refractivity contribution in [2.24, 2.45) is 12.8 Å². The van der Waals surface area contributed by atoms with E-state index in [9.17, 15) is 4.79 Å². The number of halogens is 2. The van der Waals surface area contributed by atoms with E-state index in [1.165, 1.54) is 12.3 Å². The topological polar surface area (TPSA) is 98.7 Å². The molecule has 7 nitrogen and oxygen atoms in total. The number of anilines is 1. The molecular weight excluding hydrogens is 291 g/mol. The lowest BCUT2D eigenvalue weighted by atomic mass is 10.1. The molecule has 1 unspecified atom stereocenters. The second-order valence-electron chi connectivity index (χ2n) is 3.76. The molecule has 0 aliphatic rings. The molecule has 0 saturated heterocycles. The van der Waals surface area contributed by atoms with Gasteiger partial charge in [0.2, 0.25) is 11.2 Å². The molecule has 0 spiro atoms. The average molecular weight is 301 g/mol. The highest BCUT2D eigenvalue weighted by Crippen LogP contribution is 2.16. The number of aromatic nitrogens is 4. The van der Waals surface area contributed by atoms with Gasteiger partial charge < -0.3 is 11.1 Å². The van der Waals surface area contributed by atoms with Crippen LogP contribution >= 0.6 is 23.2 Å². The molecule has 2 heterocycles. The zero-order valence-electron chi connectivity index (χ0n) is 9.84. The number of nitrogens with zero attached hydrogens (tertiary/aromatic N) is 4. The summed E-state index contributed by atoms with van der Waals surface area (Å²) in [5.41, 5.74) is 6.39. The molecule has 0 aromatic carbocycles. The molecule has 0 saturated carbocycles. The van der Waals surface area contributed by atoms with Gasteiger partial charge >= 0.3 is 0 Å². The molecule has 0 aliphatic carbocycles. The number of amides is 1. The van der Waals surface area contributed by atoms with E-state index in [0.717, 1.165) is 0 Å². The molecule has 0 radical (unpaired) electrons. The Labute approximate surface area is 118 Å². The van der Waals surface area contributed by atoms with E-state index in [1.807, 2.05) is 0 Å². The first kappa shape index (κ1) is 13.7. The van der Waals surface area contributed by atoms with Gasteiger partial charge in [0.1, 0.15) is 17.0 Å². The molecule has 0 aliphatic heterocycles. The van der Waals surface area contributed by atoms with Crippen molar-refractivity contribution in [3.8, 4) is 0 Å². The number of nitrogens with one attached hydrogen (secondary N) is 1. The molecule has 1 atom stereocenters. The van der Waals surface area contributed by atoms with Gasteiger partial charge in [-0.25, -0.2) is 9.97 Å². The van der Waals surface area contributed by atoms with Crippen LogP contribution in [-0.4, -0.2) is 25.7 Å². The maximum absolute atomic E-state index is 11.9. The minimum Gasteiger partial charge on any atom is -0.316 e. The first-order valence-electron chi connectivity index (χ1n) is 5.21.